The van der Waals surface area contributed by atoms with E-state index in [4.69, 9.17) is 12.2 Å². The fourth-order valence-corrected chi connectivity index (χ4v) is 2.44. The summed E-state index contributed by atoms with van der Waals surface area (Å²) in [7, 11) is 0. The SMILES string of the molecule is CCCc1cc(=S)nc(C(C)(C)c2ccc(F)cc2)[nH]1. The second-order valence-corrected chi connectivity index (χ2v) is 5.89. The van der Waals surface area contributed by atoms with Crippen molar-refractivity contribution < 1.29 is 4.39 Å². The molecule has 0 fully saturated rings. The van der Waals surface area contributed by atoms with Gasteiger partial charge in [0.1, 0.15) is 16.3 Å². The Morgan fingerprint density at radius 3 is 2.50 bits per heavy atom. The van der Waals surface area contributed by atoms with E-state index in [2.05, 4.69) is 30.7 Å². The van der Waals surface area contributed by atoms with Crippen LogP contribution in [0.15, 0.2) is 30.3 Å². The maximum atomic E-state index is 13.1. The number of rotatable bonds is 4. The number of halogens is 1. The number of aromatic amines is 1. The molecule has 1 N–H and O–H groups in total. The van der Waals surface area contributed by atoms with Crippen molar-refractivity contribution >= 4 is 12.2 Å². The van der Waals surface area contributed by atoms with Crippen molar-refractivity contribution in [3.05, 3.63) is 57.9 Å². The predicted molar refractivity (Wildman–Crippen MR) is 81.9 cm³/mol. The number of aryl methyl sites for hydroxylation is 1. The van der Waals surface area contributed by atoms with Gasteiger partial charge in [-0.1, -0.05) is 37.7 Å². The summed E-state index contributed by atoms with van der Waals surface area (Å²) in [6, 6.07) is 8.44. The van der Waals surface area contributed by atoms with Gasteiger partial charge in [0, 0.05) is 11.1 Å². The van der Waals surface area contributed by atoms with Gasteiger partial charge in [-0.2, -0.15) is 0 Å². The van der Waals surface area contributed by atoms with E-state index in [9.17, 15) is 4.39 Å². The third-order valence-corrected chi connectivity index (χ3v) is 3.69. The summed E-state index contributed by atoms with van der Waals surface area (Å²) < 4.78 is 13.7. The van der Waals surface area contributed by atoms with Crippen LogP contribution in [-0.2, 0) is 11.8 Å². The molecule has 0 bridgehead atoms. The highest BCUT2D eigenvalue weighted by Gasteiger charge is 2.26. The van der Waals surface area contributed by atoms with Gasteiger partial charge < -0.3 is 4.98 Å². The molecule has 0 radical (unpaired) electrons. The Bertz CT molecular complexity index is 644. The van der Waals surface area contributed by atoms with Crippen molar-refractivity contribution in [1.29, 1.82) is 0 Å². The fourth-order valence-electron chi connectivity index (χ4n) is 2.21. The van der Waals surface area contributed by atoms with Crippen LogP contribution < -0.4 is 0 Å². The standard InChI is InChI=1S/C16H19FN2S/c1-4-5-13-10-14(20)19-15(18-13)16(2,3)11-6-8-12(17)9-7-11/h6-10H,4-5H2,1-3H3,(H,18,19,20). The van der Waals surface area contributed by atoms with Gasteiger partial charge in [0.25, 0.3) is 0 Å². The zero-order valence-corrected chi connectivity index (χ0v) is 12.9. The molecule has 2 aromatic rings. The normalized spacial score (nSPS) is 11.6. The first-order valence-electron chi connectivity index (χ1n) is 6.80. The highest BCUT2D eigenvalue weighted by Crippen LogP contribution is 2.29. The van der Waals surface area contributed by atoms with Crippen LogP contribution in [0.1, 0.15) is 44.3 Å². The maximum Gasteiger partial charge on any atom is 0.130 e. The van der Waals surface area contributed by atoms with E-state index in [1.807, 2.05) is 6.07 Å². The first kappa shape index (κ1) is 14.9. The highest BCUT2D eigenvalue weighted by atomic mass is 32.1. The van der Waals surface area contributed by atoms with E-state index in [0.717, 1.165) is 29.9 Å². The first-order chi connectivity index (χ1) is 9.43. The van der Waals surface area contributed by atoms with E-state index in [1.165, 1.54) is 12.1 Å². The molecule has 0 saturated heterocycles. The molecule has 0 atom stereocenters. The van der Waals surface area contributed by atoms with Gasteiger partial charge in [-0.25, -0.2) is 9.37 Å². The largest absolute Gasteiger partial charge is 0.346 e. The van der Waals surface area contributed by atoms with Gasteiger partial charge in [0.2, 0.25) is 0 Å². The minimum absolute atomic E-state index is 0.231. The number of nitrogens with zero attached hydrogens (tertiary/aromatic N) is 1. The third kappa shape index (κ3) is 3.12. The van der Waals surface area contributed by atoms with E-state index in [-0.39, 0.29) is 11.2 Å². The molecule has 1 heterocycles. The van der Waals surface area contributed by atoms with Gasteiger partial charge in [0.15, 0.2) is 0 Å². The summed E-state index contributed by atoms with van der Waals surface area (Å²) in [5.74, 6) is 0.588. The topological polar surface area (TPSA) is 28.7 Å². The monoisotopic (exact) mass is 290 g/mol. The molecule has 106 valence electrons. The summed E-state index contributed by atoms with van der Waals surface area (Å²) >= 11 is 5.25. The number of hydrogen-bond acceptors (Lipinski definition) is 2. The Morgan fingerprint density at radius 2 is 1.90 bits per heavy atom. The van der Waals surface area contributed by atoms with Crippen molar-refractivity contribution in [2.75, 3.05) is 0 Å². The van der Waals surface area contributed by atoms with Gasteiger partial charge in [-0.3, -0.25) is 0 Å². The van der Waals surface area contributed by atoms with Gasteiger partial charge in [0.05, 0.1) is 0 Å². The fraction of sp³-hybridized carbons (Fsp3) is 0.375. The van der Waals surface area contributed by atoms with E-state index >= 15 is 0 Å². The molecule has 0 aliphatic heterocycles. The second-order valence-electron chi connectivity index (χ2n) is 5.48. The quantitative estimate of drug-likeness (QED) is 0.836. The zero-order chi connectivity index (χ0) is 14.8. The lowest BCUT2D eigenvalue weighted by atomic mass is 9.83. The smallest absolute Gasteiger partial charge is 0.130 e. The van der Waals surface area contributed by atoms with Crippen LogP contribution >= 0.6 is 12.2 Å². The molecular weight excluding hydrogens is 271 g/mol. The predicted octanol–water partition coefficient (Wildman–Crippen LogP) is 4.56. The Hall–Kier alpha value is -1.55. The van der Waals surface area contributed by atoms with Crippen LogP contribution in [0.5, 0.6) is 0 Å². The molecule has 0 amide bonds. The Kier molecular flexibility index (Phi) is 4.33. The van der Waals surface area contributed by atoms with Crippen molar-refractivity contribution in [2.45, 2.75) is 39.0 Å². The van der Waals surface area contributed by atoms with Crippen molar-refractivity contribution in [2.24, 2.45) is 0 Å². The lowest BCUT2D eigenvalue weighted by molar-refractivity contribution is 0.577. The van der Waals surface area contributed by atoms with Crippen molar-refractivity contribution in [1.82, 2.24) is 9.97 Å². The Labute approximate surface area is 124 Å². The third-order valence-electron chi connectivity index (χ3n) is 3.48. The lowest BCUT2D eigenvalue weighted by Gasteiger charge is -2.25. The molecule has 0 unspecified atom stereocenters. The van der Waals surface area contributed by atoms with Gasteiger partial charge in [-0.15, -0.1) is 0 Å². The average molecular weight is 290 g/mol. The minimum atomic E-state index is -0.342. The number of hydrogen-bond donors (Lipinski definition) is 1. The van der Waals surface area contributed by atoms with Crippen LogP contribution in [0.3, 0.4) is 0 Å². The molecule has 20 heavy (non-hydrogen) atoms. The van der Waals surface area contributed by atoms with Crippen molar-refractivity contribution in [3.63, 3.8) is 0 Å². The van der Waals surface area contributed by atoms with Crippen LogP contribution in [0.2, 0.25) is 0 Å². The second kappa shape index (κ2) is 5.83. The molecule has 4 heteroatoms. The molecule has 0 aliphatic carbocycles. The summed E-state index contributed by atoms with van der Waals surface area (Å²) in [6.45, 7) is 6.25. The summed E-state index contributed by atoms with van der Waals surface area (Å²) in [5, 5.41) is 0. The van der Waals surface area contributed by atoms with Gasteiger partial charge in [-0.05, 0) is 44.0 Å². The average Bonchev–Trinajstić information content (AvgIpc) is 2.39. The molecule has 0 aliphatic rings. The Morgan fingerprint density at radius 1 is 1.25 bits per heavy atom. The number of benzene rings is 1. The van der Waals surface area contributed by atoms with E-state index < -0.39 is 0 Å². The minimum Gasteiger partial charge on any atom is -0.346 e. The van der Waals surface area contributed by atoms with Crippen LogP contribution in [0.4, 0.5) is 4.39 Å². The zero-order valence-electron chi connectivity index (χ0n) is 12.0. The first-order valence-corrected chi connectivity index (χ1v) is 7.21. The number of aromatic nitrogens is 2. The van der Waals surface area contributed by atoms with E-state index in [0.29, 0.717) is 4.64 Å². The molecule has 0 spiro atoms. The summed E-state index contributed by atoms with van der Waals surface area (Å²) in [5.41, 5.74) is 1.76. The molecule has 0 saturated carbocycles. The van der Waals surface area contributed by atoms with Crippen molar-refractivity contribution in [3.8, 4) is 0 Å². The maximum absolute atomic E-state index is 13.1. The highest BCUT2D eigenvalue weighted by molar-refractivity contribution is 7.71. The number of H-pyrrole nitrogens is 1. The van der Waals surface area contributed by atoms with Crippen LogP contribution in [-0.4, -0.2) is 9.97 Å². The van der Waals surface area contributed by atoms with Gasteiger partial charge >= 0.3 is 0 Å². The molecular formula is C16H19FN2S. The number of nitrogens with one attached hydrogen (secondary N) is 1. The lowest BCUT2D eigenvalue weighted by Crippen LogP contribution is -2.23. The van der Waals surface area contributed by atoms with E-state index in [1.54, 1.807) is 12.1 Å². The molecule has 2 rings (SSSR count). The molecule has 2 nitrogen and oxygen atoms in total. The van der Waals surface area contributed by atoms with Crippen LogP contribution in [0.25, 0.3) is 0 Å². The summed E-state index contributed by atoms with van der Waals surface area (Å²) in [4.78, 5) is 7.82. The summed E-state index contributed by atoms with van der Waals surface area (Å²) in [6.07, 6.45) is 1.99. The Balaban J connectivity index is 2.47. The molecule has 1 aromatic heterocycles. The molecule has 1 aromatic carbocycles. The van der Waals surface area contributed by atoms with Crippen LogP contribution in [0, 0.1) is 10.5 Å².